The van der Waals surface area contributed by atoms with Crippen LogP contribution in [0, 0.1) is 0 Å². The van der Waals surface area contributed by atoms with Crippen LogP contribution in [-0.2, 0) is 13.0 Å². The van der Waals surface area contributed by atoms with Crippen LogP contribution in [0.25, 0.3) is 0 Å². The summed E-state index contributed by atoms with van der Waals surface area (Å²) in [6.45, 7) is 9.11. The summed E-state index contributed by atoms with van der Waals surface area (Å²) in [5.41, 5.74) is 0. The maximum absolute atomic E-state index is 3.43. The molecule has 3 heteroatoms. The van der Waals surface area contributed by atoms with Crippen molar-refractivity contribution in [1.82, 2.24) is 10.2 Å². The highest BCUT2D eigenvalue weighted by molar-refractivity contribution is 7.11. The van der Waals surface area contributed by atoms with Gasteiger partial charge in [-0.2, -0.15) is 0 Å². The Morgan fingerprint density at radius 1 is 1.47 bits per heavy atom. The SMILES string of the molecule is CCc1ccc(CN2CCNC[C@@H]2C)s1. The quantitative estimate of drug-likeness (QED) is 0.846. The van der Waals surface area contributed by atoms with E-state index in [1.807, 2.05) is 11.3 Å². The Labute approximate surface area is 96.3 Å². The molecular formula is C12H20N2S. The van der Waals surface area contributed by atoms with Crippen molar-refractivity contribution in [3.05, 3.63) is 21.9 Å². The molecule has 1 saturated heterocycles. The van der Waals surface area contributed by atoms with Crippen molar-refractivity contribution in [3.8, 4) is 0 Å². The highest BCUT2D eigenvalue weighted by Gasteiger charge is 2.18. The van der Waals surface area contributed by atoms with E-state index in [-0.39, 0.29) is 0 Å². The summed E-state index contributed by atoms with van der Waals surface area (Å²) in [4.78, 5) is 5.59. The van der Waals surface area contributed by atoms with Crippen LogP contribution in [0.3, 0.4) is 0 Å². The topological polar surface area (TPSA) is 15.3 Å². The lowest BCUT2D eigenvalue weighted by Gasteiger charge is -2.33. The Balaban J connectivity index is 1.95. The zero-order chi connectivity index (χ0) is 10.7. The molecule has 0 radical (unpaired) electrons. The Hall–Kier alpha value is -0.380. The minimum absolute atomic E-state index is 0.672. The summed E-state index contributed by atoms with van der Waals surface area (Å²) in [5.74, 6) is 0. The van der Waals surface area contributed by atoms with Gasteiger partial charge in [-0.1, -0.05) is 6.92 Å². The normalized spacial score (nSPS) is 23.2. The Kier molecular flexibility index (Phi) is 3.78. The number of aryl methyl sites for hydroxylation is 1. The first-order valence-corrected chi connectivity index (χ1v) is 6.63. The third kappa shape index (κ3) is 2.80. The second kappa shape index (κ2) is 5.10. The monoisotopic (exact) mass is 224 g/mol. The van der Waals surface area contributed by atoms with Crippen LogP contribution >= 0.6 is 11.3 Å². The second-order valence-electron chi connectivity index (χ2n) is 4.25. The lowest BCUT2D eigenvalue weighted by Crippen LogP contribution is -2.49. The van der Waals surface area contributed by atoms with Gasteiger partial charge in [0.05, 0.1) is 0 Å². The molecule has 15 heavy (non-hydrogen) atoms. The maximum Gasteiger partial charge on any atom is 0.0331 e. The number of hydrogen-bond acceptors (Lipinski definition) is 3. The van der Waals surface area contributed by atoms with E-state index in [0.717, 1.165) is 19.6 Å². The molecule has 2 rings (SSSR count). The fraction of sp³-hybridized carbons (Fsp3) is 0.667. The first-order chi connectivity index (χ1) is 7.29. The van der Waals surface area contributed by atoms with Gasteiger partial charge in [0.1, 0.15) is 0 Å². The van der Waals surface area contributed by atoms with Crippen molar-refractivity contribution >= 4 is 11.3 Å². The molecule has 1 aliphatic rings. The van der Waals surface area contributed by atoms with E-state index in [2.05, 4.69) is 36.2 Å². The van der Waals surface area contributed by atoms with Crippen LogP contribution in [0.1, 0.15) is 23.6 Å². The van der Waals surface area contributed by atoms with Gasteiger partial charge in [0.25, 0.3) is 0 Å². The molecule has 1 atom stereocenters. The largest absolute Gasteiger partial charge is 0.314 e. The van der Waals surface area contributed by atoms with Crippen LogP contribution < -0.4 is 5.32 Å². The predicted molar refractivity (Wildman–Crippen MR) is 66.4 cm³/mol. The minimum Gasteiger partial charge on any atom is -0.314 e. The summed E-state index contributed by atoms with van der Waals surface area (Å²) < 4.78 is 0. The lowest BCUT2D eigenvalue weighted by molar-refractivity contribution is 0.167. The van der Waals surface area contributed by atoms with Crippen LogP contribution in [0.5, 0.6) is 0 Å². The summed E-state index contributed by atoms with van der Waals surface area (Å²) >= 11 is 1.97. The predicted octanol–water partition coefficient (Wildman–Crippen LogP) is 2.10. The maximum atomic E-state index is 3.43. The molecule has 2 heterocycles. The number of nitrogens with one attached hydrogen (secondary N) is 1. The molecule has 84 valence electrons. The van der Waals surface area contributed by atoms with Gasteiger partial charge in [0, 0.05) is 42.0 Å². The van der Waals surface area contributed by atoms with Crippen LogP contribution in [0.2, 0.25) is 0 Å². The third-order valence-electron chi connectivity index (χ3n) is 3.06. The molecule has 2 nitrogen and oxygen atoms in total. The van der Waals surface area contributed by atoms with Gasteiger partial charge in [-0.05, 0) is 25.5 Å². The molecular weight excluding hydrogens is 204 g/mol. The Morgan fingerprint density at radius 3 is 2.93 bits per heavy atom. The van der Waals surface area contributed by atoms with E-state index in [0.29, 0.717) is 6.04 Å². The van der Waals surface area contributed by atoms with Gasteiger partial charge in [-0.15, -0.1) is 11.3 Å². The van der Waals surface area contributed by atoms with Gasteiger partial charge in [-0.3, -0.25) is 4.90 Å². The lowest BCUT2D eigenvalue weighted by atomic mass is 10.2. The van der Waals surface area contributed by atoms with E-state index in [1.165, 1.54) is 22.7 Å². The summed E-state index contributed by atoms with van der Waals surface area (Å²) in [6.07, 6.45) is 1.17. The van der Waals surface area contributed by atoms with E-state index in [4.69, 9.17) is 0 Å². The smallest absolute Gasteiger partial charge is 0.0331 e. The summed E-state index contributed by atoms with van der Waals surface area (Å²) in [5, 5.41) is 3.43. The Bertz CT molecular complexity index is 308. The van der Waals surface area contributed by atoms with Gasteiger partial charge in [0.2, 0.25) is 0 Å². The zero-order valence-electron chi connectivity index (χ0n) is 9.62. The molecule has 0 unspecified atom stereocenters. The standard InChI is InChI=1S/C12H20N2S/c1-3-11-4-5-12(15-11)9-14-7-6-13-8-10(14)2/h4-5,10,13H,3,6-9H2,1-2H3/t10-/m0/s1. The average Bonchev–Trinajstić information content (AvgIpc) is 2.69. The first kappa shape index (κ1) is 11.1. The number of piperazine rings is 1. The zero-order valence-corrected chi connectivity index (χ0v) is 10.4. The number of hydrogen-bond donors (Lipinski definition) is 1. The average molecular weight is 224 g/mol. The molecule has 1 aliphatic heterocycles. The van der Waals surface area contributed by atoms with Crippen molar-refractivity contribution in [1.29, 1.82) is 0 Å². The molecule has 1 aromatic heterocycles. The molecule has 0 saturated carbocycles. The first-order valence-electron chi connectivity index (χ1n) is 5.82. The molecule has 1 aromatic rings. The highest BCUT2D eigenvalue weighted by Crippen LogP contribution is 2.20. The van der Waals surface area contributed by atoms with Crippen LogP contribution in [0.15, 0.2) is 12.1 Å². The number of nitrogens with zero attached hydrogens (tertiary/aromatic N) is 1. The summed E-state index contributed by atoms with van der Waals surface area (Å²) in [6, 6.07) is 5.23. The van der Waals surface area contributed by atoms with Crippen LogP contribution in [0.4, 0.5) is 0 Å². The van der Waals surface area contributed by atoms with E-state index in [1.54, 1.807) is 0 Å². The van der Waals surface area contributed by atoms with Crippen molar-refractivity contribution in [2.24, 2.45) is 0 Å². The second-order valence-corrected chi connectivity index (χ2v) is 5.50. The molecule has 0 aromatic carbocycles. The van der Waals surface area contributed by atoms with E-state index in [9.17, 15) is 0 Å². The van der Waals surface area contributed by atoms with Crippen molar-refractivity contribution < 1.29 is 0 Å². The van der Waals surface area contributed by atoms with E-state index >= 15 is 0 Å². The third-order valence-corrected chi connectivity index (χ3v) is 4.28. The molecule has 0 spiro atoms. The fourth-order valence-corrected chi connectivity index (χ4v) is 3.00. The van der Waals surface area contributed by atoms with Crippen molar-refractivity contribution in [2.45, 2.75) is 32.9 Å². The van der Waals surface area contributed by atoms with Crippen molar-refractivity contribution in [3.63, 3.8) is 0 Å². The summed E-state index contributed by atoms with van der Waals surface area (Å²) in [7, 11) is 0. The molecule has 0 bridgehead atoms. The van der Waals surface area contributed by atoms with Gasteiger partial charge in [-0.25, -0.2) is 0 Å². The van der Waals surface area contributed by atoms with Gasteiger partial charge in [0.15, 0.2) is 0 Å². The number of rotatable bonds is 3. The van der Waals surface area contributed by atoms with Crippen LogP contribution in [-0.4, -0.2) is 30.6 Å². The molecule has 0 aliphatic carbocycles. The molecule has 1 N–H and O–H groups in total. The fourth-order valence-electron chi connectivity index (χ4n) is 2.02. The number of thiophene rings is 1. The molecule has 1 fully saturated rings. The molecule has 0 amide bonds. The van der Waals surface area contributed by atoms with E-state index < -0.39 is 0 Å². The highest BCUT2D eigenvalue weighted by atomic mass is 32.1. The van der Waals surface area contributed by atoms with Crippen molar-refractivity contribution in [2.75, 3.05) is 19.6 Å². The van der Waals surface area contributed by atoms with Gasteiger partial charge < -0.3 is 5.32 Å². The van der Waals surface area contributed by atoms with Gasteiger partial charge >= 0.3 is 0 Å². The minimum atomic E-state index is 0.672. The Morgan fingerprint density at radius 2 is 2.27 bits per heavy atom.